The Morgan fingerprint density at radius 1 is 1.04 bits per heavy atom. The van der Waals surface area contributed by atoms with E-state index in [1.165, 1.54) is 0 Å². The molecule has 1 N–H and O–H groups in total. The lowest BCUT2D eigenvalue weighted by molar-refractivity contribution is 0.366. The van der Waals surface area contributed by atoms with Crippen molar-refractivity contribution in [1.82, 2.24) is 4.72 Å². The zero-order valence-electron chi connectivity index (χ0n) is 13.9. The zero-order valence-corrected chi connectivity index (χ0v) is 14.8. The zero-order chi connectivity index (χ0) is 18.0. The molecular formula is C20H21NO3S. The van der Waals surface area contributed by atoms with Crippen LogP contribution in [0, 0.1) is 11.8 Å². The molecule has 5 heteroatoms. The average Bonchev–Trinajstić information content (AvgIpc) is 2.60. The van der Waals surface area contributed by atoms with Crippen molar-refractivity contribution in [3.63, 3.8) is 0 Å². The summed E-state index contributed by atoms with van der Waals surface area (Å²) in [7, 11) is -3.39. The molecule has 4 nitrogen and oxygen atoms in total. The lowest BCUT2D eigenvalue weighted by Gasteiger charge is -2.07. The number of para-hydroxylation sites is 1. The molecule has 0 radical (unpaired) electrons. The van der Waals surface area contributed by atoms with Crippen molar-refractivity contribution in [2.24, 2.45) is 0 Å². The molecule has 0 spiro atoms. The first-order valence-electron chi connectivity index (χ1n) is 7.89. The summed E-state index contributed by atoms with van der Waals surface area (Å²) in [6, 6.07) is 16.7. The number of rotatable bonds is 8. The van der Waals surface area contributed by atoms with Crippen LogP contribution in [0.2, 0.25) is 0 Å². The molecule has 0 aliphatic rings. The number of hydrogen-bond donors (Lipinski definition) is 1. The van der Waals surface area contributed by atoms with E-state index in [4.69, 9.17) is 4.74 Å². The summed E-state index contributed by atoms with van der Waals surface area (Å²) in [6.45, 7) is 3.99. The van der Waals surface area contributed by atoms with Gasteiger partial charge < -0.3 is 4.74 Å². The van der Waals surface area contributed by atoms with E-state index in [1.54, 1.807) is 12.1 Å². The van der Waals surface area contributed by atoms with Crippen LogP contribution < -0.4 is 9.46 Å². The van der Waals surface area contributed by atoms with E-state index in [9.17, 15) is 8.42 Å². The molecule has 0 amide bonds. The Morgan fingerprint density at radius 2 is 1.76 bits per heavy atom. The Labute approximate surface area is 149 Å². The van der Waals surface area contributed by atoms with Crippen LogP contribution in [0.1, 0.15) is 11.1 Å². The van der Waals surface area contributed by atoms with Crippen molar-refractivity contribution in [1.29, 1.82) is 0 Å². The van der Waals surface area contributed by atoms with Gasteiger partial charge in [-0.1, -0.05) is 66.4 Å². The van der Waals surface area contributed by atoms with E-state index in [2.05, 4.69) is 23.1 Å². The Kier molecular flexibility index (Phi) is 7.27. The van der Waals surface area contributed by atoms with Crippen LogP contribution in [0.25, 0.3) is 0 Å². The number of ether oxygens (including phenoxy) is 1. The van der Waals surface area contributed by atoms with Crippen molar-refractivity contribution >= 4 is 10.0 Å². The van der Waals surface area contributed by atoms with Crippen molar-refractivity contribution in [3.8, 4) is 17.6 Å². The van der Waals surface area contributed by atoms with Gasteiger partial charge in [0.05, 0.1) is 12.3 Å². The number of nitrogens with one attached hydrogen (secondary N) is 1. The Hall–Kier alpha value is -2.55. The Morgan fingerprint density at radius 3 is 2.52 bits per heavy atom. The molecule has 130 valence electrons. The third-order valence-electron chi connectivity index (χ3n) is 3.34. The van der Waals surface area contributed by atoms with Crippen LogP contribution in [0.5, 0.6) is 5.75 Å². The summed E-state index contributed by atoms with van der Waals surface area (Å²) in [5.41, 5.74) is 1.79. The highest BCUT2D eigenvalue weighted by Gasteiger charge is 2.09. The van der Waals surface area contributed by atoms with Gasteiger partial charge in [-0.2, -0.15) is 0 Å². The summed E-state index contributed by atoms with van der Waals surface area (Å²) in [5.74, 6) is 6.29. The predicted molar refractivity (Wildman–Crippen MR) is 101 cm³/mol. The van der Waals surface area contributed by atoms with Crippen LogP contribution in [0.3, 0.4) is 0 Å². The molecule has 0 heterocycles. The van der Waals surface area contributed by atoms with Gasteiger partial charge in [0, 0.05) is 0 Å². The molecule has 0 bridgehead atoms. The largest absolute Gasteiger partial charge is 0.481 e. The Bertz CT molecular complexity index is 849. The van der Waals surface area contributed by atoms with Crippen molar-refractivity contribution in [2.75, 3.05) is 13.2 Å². The second-order valence-corrected chi connectivity index (χ2v) is 7.12. The monoisotopic (exact) mass is 355 g/mol. The van der Waals surface area contributed by atoms with Gasteiger partial charge in [0.15, 0.2) is 0 Å². The first kappa shape index (κ1) is 18.8. The lowest BCUT2D eigenvalue weighted by atomic mass is 10.1. The second kappa shape index (κ2) is 9.67. The highest BCUT2D eigenvalue weighted by molar-refractivity contribution is 7.88. The number of benzene rings is 2. The number of allylic oxidation sites excluding steroid dienone is 1. The lowest BCUT2D eigenvalue weighted by Crippen LogP contribution is -2.25. The minimum atomic E-state index is -3.39. The van der Waals surface area contributed by atoms with Crippen molar-refractivity contribution in [3.05, 3.63) is 78.4 Å². The SMILES string of the molecule is C=CCc1ccccc1OCC#CCNS(=O)(=O)Cc1ccccc1. The van der Waals surface area contributed by atoms with Crippen LogP contribution >= 0.6 is 0 Å². The summed E-state index contributed by atoms with van der Waals surface area (Å²) in [6.07, 6.45) is 2.54. The summed E-state index contributed by atoms with van der Waals surface area (Å²) in [5, 5.41) is 0. The van der Waals surface area contributed by atoms with E-state index in [1.807, 2.05) is 48.5 Å². The van der Waals surface area contributed by atoms with Gasteiger partial charge in [0.2, 0.25) is 10.0 Å². The molecule has 0 fully saturated rings. The molecule has 2 aromatic carbocycles. The maximum atomic E-state index is 12.0. The average molecular weight is 355 g/mol. The maximum absolute atomic E-state index is 12.0. The van der Waals surface area contributed by atoms with E-state index in [0.717, 1.165) is 23.3 Å². The highest BCUT2D eigenvalue weighted by Crippen LogP contribution is 2.18. The van der Waals surface area contributed by atoms with Crippen LogP contribution in [-0.2, 0) is 22.2 Å². The summed E-state index contributed by atoms with van der Waals surface area (Å²) < 4.78 is 32.0. The topological polar surface area (TPSA) is 55.4 Å². The van der Waals surface area contributed by atoms with Gasteiger partial charge >= 0.3 is 0 Å². The van der Waals surface area contributed by atoms with Gasteiger partial charge in [-0.05, 0) is 23.6 Å². The molecule has 0 aromatic heterocycles. The molecule has 25 heavy (non-hydrogen) atoms. The molecule has 2 aromatic rings. The van der Waals surface area contributed by atoms with E-state index < -0.39 is 10.0 Å². The van der Waals surface area contributed by atoms with E-state index in [0.29, 0.717) is 0 Å². The maximum Gasteiger partial charge on any atom is 0.216 e. The minimum Gasteiger partial charge on any atom is -0.481 e. The van der Waals surface area contributed by atoms with Gasteiger partial charge in [-0.3, -0.25) is 0 Å². The first-order valence-corrected chi connectivity index (χ1v) is 9.54. The van der Waals surface area contributed by atoms with E-state index >= 15 is 0 Å². The van der Waals surface area contributed by atoms with Gasteiger partial charge in [-0.15, -0.1) is 6.58 Å². The molecule has 2 rings (SSSR count). The third kappa shape index (κ3) is 6.84. The van der Waals surface area contributed by atoms with Crippen LogP contribution in [-0.4, -0.2) is 21.6 Å². The Balaban J connectivity index is 1.78. The molecule has 0 aliphatic heterocycles. The first-order chi connectivity index (χ1) is 12.1. The fourth-order valence-electron chi connectivity index (χ4n) is 2.19. The molecule has 0 saturated heterocycles. The molecule has 0 saturated carbocycles. The number of sulfonamides is 1. The van der Waals surface area contributed by atoms with Gasteiger partial charge in [0.25, 0.3) is 0 Å². The molecule has 0 unspecified atom stereocenters. The minimum absolute atomic E-state index is 0.0546. The van der Waals surface area contributed by atoms with Crippen molar-refractivity contribution < 1.29 is 13.2 Å². The smallest absolute Gasteiger partial charge is 0.216 e. The highest BCUT2D eigenvalue weighted by atomic mass is 32.2. The van der Waals surface area contributed by atoms with Gasteiger partial charge in [0.1, 0.15) is 12.4 Å². The second-order valence-electron chi connectivity index (χ2n) is 5.31. The summed E-state index contributed by atoms with van der Waals surface area (Å²) in [4.78, 5) is 0. The van der Waals surface area contributed by atoms with E-state index in [-0.39, 0.29) is 18.9 Å². The quantitative estimate of drug-likeness (QED) is 0.585. The fourth-order valence-corrected chi connectivity index (χ4v) is 3.21. The van der Waals surface area contributed by atoms with Crippen molar-refractivity contribution in [2.45, 2.75) is 12.2 Å². The number of hydrogen-bond acceptors (Lipinski definition) is 3. The van der Waals surface area contributed by atoms with Gasteiger partial charge in [-0.25, -0.2) is 13.1 Å². The standard InChI is InChI=1S/C20H21NO3S/c1-2-10-19-13-6-7-14-20(19)24-16-9-8-15-21-25(22,23)17-18-11-4-3-5-12-18/h2-7,11-14,21H,1,10,15-17H2. The predicted octanol–water partition coefficient (Wildman–Crippen LogP) is 2.92. The third-order valence-corrected chi connectivity index (χ3v) is 4.64. The van der Waals surface area contributed by atoms with Crippen LogP contribution in [0.4, 0.5) is 0 Å². The normalized spacial score (nSPS) is 10.6. The fraction of sp³-hybridized carbons (Fsp3) is 0.200. The van der Waals surface area contributed by atoms with Crippen LogP contribution in [0.15, 0.2) is 67.3 Å². The molecule has 0 aliphatic carbocycles. The summed E-state index contributed by atoms with van der Waals surface area (Å²) >= 11 is 0. The molecular weight excluding hydrogens is 334 g/mol. The molecule has 0 atom stereocenters.